The zero-order valence-electron chi connectivity index (χ0n) is 12.0. The van der Waals surface area contributed by atoms with Gasteiger partial charge in [0.05, 0.1) is 11.2 Å². The Morgan fingerprint density at radius 1 is 1.00 bits per heavy atom. The van der Waals surface area contributed by atoms with Gasteiger partial charge in [0.2, 0.25) is 0 Å². The molecular formula is C13H25BO2. The second kappa shape index (κ2) is 3.88. The second-order valence-electron chi connectivity index (χ2n) is 6.84. The molecule has 2 nitrogen and oxygen atoms in total. The van der Waals surface area contributed by atoms with Gasteiger partial charge in [0, 0.05) is 0 Å². The first-order chi connectivity index (χ1) is 6.95. The van der Waals surface area contributed by atoms with Crippen molar-refractivity contribution in [1.29, 1.82) is 0 Å². The van der Waals surface area contributed by atoms with Crippen LogP contribution in [0.2, 0.25) is 0 Å². The van der Waals surface area contributed by atoms with Crippen molar-refractivity contribution in [3.05, 3.63) is 11.5 Å². The Hall–Kier alpha value is -0.275. The topological polar surface area (TPSA) is 18.5 Å². The number of hydrogen-bond acceptors (Lipinski definition) is 2. The Morgan fingerprint density at radius 2 is 1.38 bits per heavy atom. The smallest absolute Gasteiger partial charge is 0.400 e. The van der Waals surface area contributed by atoms with E-state index in [9.17, 15) is 0 Å². The zero-order chi connectivity index (χ0) is 12.8. The van der Waals surface area contributed by atoms with Crippen molar-refractivity contribution < 1.29 is 9.31 Å². The Balaban J connectivity index is 2.85. The van der Waals surface area contributed by atoms with Gasteiger partial charge in [-0.2, -0.15) is 0 Å². The molecule has 1 fully saturated rings. The van der Waals surface area contributed by atoms with Gasteiger partial charge in [-0.15, -0.1) is 0 Å². The third kappa shape index (κ3) is 2.89. The first kappa shape index (κ1) is 13.8. The lowest BCUT2D eigenvalue weighted by molar-refractivity contribution is 0.00578. The van der Waals surface area contributed by atoms with E-state index >= 15 is 0 Å². The summed E-state index contributed by atoms with van der Waals surface area (Å²) in [6.45, 7) is 16.9. The van der Waals surface area contributed by atoms with Crippen molar-refractivity contribution in [2.24, 2.45) is 5.41 Å². The van der Waals surface area contributed by atoms with Crippen LogP contribution in [-0.2, 0) is 9.31 Å². The predicted molar refractivity (Wildman–Crippen MR) is 69.3 cm³/mol. The molecule has 0 saturated carbocycles. The Morgan fingerprint density at radius 3 is 1.69 bits per heavy atom. The van der Waals surface area contributed by atoms with Crippen molar-refractivity contribution in [2.75, 3.05) is 0 Å². The molecule has 0 atom stereocenters. The van der Waals surface area contributed by atoms with Crippen LogP contribution in [0.3, 0.4) is 0 Å². The summed E-state index contributed by atoms with van der Waals surface area (Å²) in [4.78, 5) is 0. The quantitative estimate of drug-likeness (QED) is 0.633. The Kier molecular flexibility index (Phi) is 3.35. The molecule has 0 aromatic carbocycles. The highest BCUT2D eigenvalue weighted by Gasteiger charge is 2.51. The third-order valence-electron chi connectivity index (χ3n) is 3.29. The molecule has 0 aliphatic carbocycles. The van der Waals surface area contributed by atoms with Crippen molar-refractivity contribution >= 4 is 7.12 Å². The minimum atomic E-state index is -0.245. The van der Waals surface area contributed by atoms with E-state index in [0.717, 1.165) is 5.47 Å². The molecule has 1 rings (SSSR count). The van der Waals surface area contributed by atoms with Gasteiger partial charge < -0.3 is 9.31 Å². The maximum Gasteiger partial charge on any atom is 0.489 e. The van der Waals surface area contributed by atoms with Crippen LogP contribution in [0, 0.1) is 5.41 Å². The Bertz CT molecular complexity index is 282. The van der Waals surface area contributed by atoms with Gasteiger partial charge in [-0.1, -0.05) is 26.8 Å². The molecule has 1 aliphatic heterocycles. The summed E-state index contributed by atoms with van der Waals surface area (Å²) in [5.74, 6) is 0. The van der Waals surface area contributed by atoms with Crippen molar-refractivity contribution in [3.63, 3.8) is 0 Å². The molecule has 1 aliphatic rings. The number of hydrogen-bond donors (Lipinski definition) is 0. The van der Waals surface area contributed by atoms with E-state index in [-0.39, 0.29) is 23.7 Å². The summed E-state index contributed by atoms with van der Waals surface area (Å²) in [5, 5.41) is 0. The van der Waals surface area contributed by atoms with Crippen molar-refractivity contribution in [1.82, 2.24) is 0 Å². The Labute approximate surface area is 101 Å². The van der Waals surface area contributed by atoms with E-state index in [1.165, 1.54) is 0 Å². The molecule has 0 amide bonds. The van der Waals surface area contributed by atoms with Crippen LogP contribution in [0.15, 0.2) is 11.5 Å². The molecular weight excluding hydrogens is 199 g/mol. The number of allylic oxidation sites excluding steroid dienone is 2. The fraction of sp³-hybridized carbons (Fsp3) is 0.846. The van der Waals surface area contributed by atoms with Crippen LogP contribution < -0.4 is 0 Å². The third-order valence-corrected chi connectivity index (χ3v) is 3.29. The van der Waals surface area contributed by atoms with Crippen LogP contribution in [0.1, 0.15) is 55.4 Å². The van der Waals surface area contributed by atoms with Gasteiger partial charge in [0.15, 0.2) is 0 Å². The van der Waals surface area contributed by atoms with Gasteiger partial charge in [0.25, 0.3) is 0 Å². The molecule has 0 spiro atoms. The molecule has 0 radical (unpaired) electrons. The molecule has 0 bridgehead atoms. The van der Waals surface area contributed by atoms with Gasteiger partial charge >= 0.3 is 7.12 Å². The molecule has 16 heavy (non-hydrogen) atoms. The highest BCUT2D eigenvalue weighted by Crippen LogP contribution is 2.38. The lowest BCUT2D eigenvalue weighted by Crippen LogP contribution is -2.41. The summed E-state index contributed by atoms with van der Waals surface area (Å²) in [7, 11) is -0.204. The fourth-order valence-corrected chi connectivity index (χ4v) is 1.78. The zero-order valence-corrected chi connectivity index (χ0v) is 12.0. The van der Waals surface area contributed by atoms with Crippen LogP contribution in [-0.4, -0.2) is 18.3 Å². The van der Waals surface area contributed by atoms with Crippen LogP contribution in [0.4, 0.5) is 0 Å². The van der Waals surface area contributed by atoms with Gasteiger partial charge in [-0.3, -0.25) is 0 Å². The van der Waals surface area contributed by atoms with E-state index in [0.29, 0.717) is 0 Å². The predicted octanol–water partition coefficient (Wildman–Crippen LogP) is 3.61. The summed E-state index contributed by atoms with van der Waals surface area (Å²) < 4.78 is 12.0. The van der Waals surface area contributed by atoms with Gasteiger partial charge in [-0.05, 0) is 45.5 Å². The minimum Gasteiger partial charge on any atom is -0.400 e. The molecule has 0 aromatic heterocycles. The van der Waals surface area contributed by atoms with Crippen LogP contribution in [0.25, 0.3) is 0 Å². The molecule has 1 saturated heterocycles. The van der Waals surface area contributed by atoms with Crippen molar-refractivity contribution in [3.8, 4) is 0 Å². The molecule has 0 N–H and O–H groups in total. The van der Waals surface area contributed by atoms with Crippen LogP contribution >= 0.6 is 0 Å². The second-order valence-corrected chi connectivity index (χ2v) is 6.84. The van der Waals surface area contributed by atoms with Gasteiger partial charge in [0.1, 0.15) is 0 Å². The van der Waals surface area contributed by atoms with E-state index in [1.54, 1.807) is 0 Å². The molecule has 92 valence electrons. The standard InChI is InChI=1S/C13H25BO2/c1-10(9-11(2,3)4)14-15-12(5,6)13(7,8)16-14/h9H,1-8H3/b10-9+. The average Bonchev–Trinajstić information content (AvgIpc) is 2.17. The normalized spacial score (nSPS) is 25.0. The lowest BCUT2D eigenvalue weighted by atomic mass is 9.75. The molecule has 3 heteroatoms. The maximum absolute atomic E-state index is 5.98. The van der Waals surface area contributed by atoms with E-state index in [2.05, 4.69) is 61.5 Å². The largest absolute Gasteiger partial charge is 0.489 e. The molecule has 0 unspecified atom stereocenters. The molecule has 1 heterocycles. The van der Waals surface area contributed by atoms with Crippen molar-refractivity contribution in [2.45, 2.75) is 66.6 Å². The fourth-order valence-electron chi connectivity index (χ4n) is 1.78. The highest BCUT2D eigenvalue weighted by atomic mass is 16.7. The van der Waals surface area contributed by atoms with Gasteiger partial charge in [-0.25, -0.2) is 0 Å². The average molecular weight is 224 g/mol. The summed E-state index contributed by atoms with van der Waals surface area (Å²) >= 11 is 0. The lowest BCUT2D eigenvalue weighted by Gasteiger charge is -2.32. The summed E-state index contributed by atoms with van der Waals surface area (Å²) in [6.07, 6.45) is 2.22. The van der Waals surface area contributed by atoms with Crippen LogP contribution in [0.5, 0.6) is 0 Å². The summed E-state index contributed by atoms with van der Waals surface area (Å²) in [6, 6.07) is 0. The summed E-state index contributed by atoms with van der Waals surface area (Å²) in [5.41, 5.74) is 0.828. The van der Waals surface area contributed by atoms with E-state index in [4.69, 9.17) is 9.31 Å². The highest BCUT2D eigenvalue weighted by molar-refractivity contribution is 6.54. The first-order valence-electron chi connectivity index (χ1n) is 6.00. The van der Waals surface area contributed by atoms with E-state index in [1.807, 2.05) is 0 Å². The first-order valence-corrected chi connectivity index (χ1v) is 6.00. The van der Waals surface area contributed by atoms with E-state index < -0.39 is 0 Å². The SMILES string of the molecule is C/C(=C\C(C)(C)C)B1OC(C)(C)C(C)(C)O1. The number of rotatable bonds is 1. The molecule has 0 aromatic rings. The monoisotopic (exact) mass is 224 g/mol. The minimum absolute atomic E-state index is 0.160. The maximum atomic E-state index is 5.98.